The van der Waals surface area contributed by atoms with Crippen molar-refractivity contribution < 1.29 is 4.79 Å². The van der Waals surface area contributed by atoms with Crippen LogP contribution in [0.25, 0.3) is 0 Å². The monoisotopic (exact) mass is 398 g/mol. The molecule has 0 saturated carbocycles. The van der Waals surface area contributed by atoms with Gasteiger partial charge in [-0.3, -0.25) is 4.79 Å². The Morgan fingerprint density at radius 3 is 2.52 bits per heavy atom. The van der Waals surface area contributed by atoms with Crippen LogP contribution in [-0.2, 0) is 4.79 Å². The van der Waals surface area contributed by atoms with Gasteiger partial charge in [-0.25, -0.2) is 0 Å². The number of piperidine rings is 3. The molecule has 1 N–H and O–H groups in total. The summed E-state index contributed by atoms with van der Waals surface area (Å²) < 4.78 is 0. The fraction of sp³-hybridized carbons (Fsp3) is 0.500. The van der Waals surface area contributed by atoms with E-state index in [2.05, 4.69) is 45.4 Å². The van der Waals surface area contributed by atoms with Gasteiger partial charge in [0.15, 0.2) is 0 Å². The third-order valence-electron chi connectivity index (χ3n) is 4.01. The highest BCUT2D eigenvalue weighted by molar-refractivity contribution is 9.09. The molecule has 1 amide bonds. The molecule has 5 heteroatoms. The number of allylic oxidation sites excluding steroid dienone is 6. The summed E-state index contributed by atoms with van der Waals surface area (Å²) >= 11 is 7.53. The Bertz CT molecular complexity index is 466. The maximum atomic E-state index is 12.0. The molecule has 0 aromatic carbocycles. The number of thiol groups is 1. The SMILES string of the molecule is C=C/C=C\C.O=C(N[C@@H]1CN2CCC1CC2)/C(S)=C/C=C/CBr. The third-order valence-corrected chi connectivity index (χ3v) is 4.74. The van der Waals surface area contributed by atoms with E-state index in [4.69, 9.17) is 0 Å². The van der Waals surface area contributed by atoms with E-state index in [1.807, 2.05) is 31.2 Å². The Balaban J connectivity index is 0.000000463. The number of hydrogen-bond donors (Lipinski definition) is 2. The maximum absolute atomic E-state index is 12.0. The van der Waals surface area contributed by atoms with Crippen molar-refractivity contribution in [3.63, 3.8) is 0 Å². The molecule has 3 heterocycles. The minimum absolute atomic E-state index is 0.0590. The summed E-state index contributed by atoms with van der Waals surface area (Å²) in [6.07, 6.45) is 13.5. The van der Waals surface area contributed by atoms with Crippen molar-refractivity contribution in [2.24, 2.45) is 5.92 Å². The van der Waals surface area contributed by atoms with Crippen molar-refractivity contribution in [3.05, 3.63) is 47.9 Å². The van der Waals surface area contributed by atoms with E-state index < -0.39 is 0 Å². The van der Waals surface area contributed by atoms with Crippen LogP contribution in [-0.4, -0.2) is 41.8 Å². The summed E-state index contributed by atoms with van der Waals surface area (Å²) in [4.78, 5) is 14.9. The van der Waals surface area contributed by atoms with Crippen LogP contribution in [0, 0.1) is 5.92 Å². The van der Waals surface area contributed by atoms with E-state index in [1.165, 1.54) is 25.9 Å². The van der Waals surface area contributed by atoms with Crippen LogP contribution < -0.4 is 5.32 Å². The number of nitrogens with one attached hydrogen (secondary N) is 1. The van der Waals surface area contributed by atoms with E-state index in [9.17, 15) is 4.79 Å². The topological polar surface area (TPSA) is 32.3 Å². The van der Waals surface area contributed by atoms with Crippen LogP contribution >= 0.6 is 28.6 Å². The quantitative estimate of drug-likeness (QED) is 0.320. The van der Waals surface area contributed by atoms with Gasteiger partial charge in [0.05, 0.1) is 4.91 Å². The lowest BCUT2D eigenvalue weighted by molar-refractivity contribution is -0.118. The molecular formula is C18H27BrN2OS. The van der Waals surface area contributed by atoms with Crippen LogP contribution in [0.3, 0.4) is 0 Å². The summed E-state index contributed by atoms with van der Waals surface area (Å²) in [5.41, 5.74) is 0. The molecular weight excluding hydrogens is 372 g/mol. The van der Waals surface area contributed by atoms with E-state index >= 15 is 0 Å². The number of fused-ring (bicyclic) bond motifs is 3. The fourth-order valence-corrected chi connectivity index (χ4v) is 3.16. The van der Waals surface area contributed by atoms with Crippen LogP contribution in [0.1, 0.15) is 19.8 Å². The zero-order valence-corrected chi connectivity index (χ0v) is 16.2. The normalized spacial score (nSPS) is 26.9. The Morgan fingerprint density at radius 1 is 1.39 bits per heavy atom. The van der Waals surface area contributed by atoms with Crippen LogP contribution in [0.2, 0.25) is 0 Å². The standard InChI is InChI=1S/C13H19BrN2OS.C5H8/c14-6-2-1-3-12(18)13(17)15-11-9-16-7-4-10(11)5-8-16;1-3-5-4-2/h1-3,10-11,18H,4-9H2,(H,15,17);3-5H,1H2,2H3/b2-1+,12-3-;5-4-/t11-;/m1./s1. The molecule has 3 nitrogen and oxygen atoms in total. The number of halogens is 1. The van der Waals surface area contributed by atoms with Gasteiger partial charge in [0.2, 0.25) is 0 Å². The van der Waals surface area contributed by atoms with Crippen molar-refractivity contribution in [1.29, 1.82) is 0 Å². The van der Waals surface area contributed by atoms with Gasteiger partial charge in [-0.05, 0) is 44.8 Å². The van der Waals surface area contributed by atoms with Crippen LogP contribution in [0.5, 0.6) is 0 Å². The van der Waals surface area contributed by atoms with Gasteiger partial charge >= 0.3 is 0 Å². The average Bonchev–Trinajstić information content (AvgIpc) is 2.57. The molecule has 0 aromatic rings. The van der Waals surface area contributed by atoms with Gasteiger partial charge in [0.25, 0.3) is 5.91 Å². The summed E-state index contributed by atoms with van der Waals surface area (Å²) in [6, 6.07) is 0.302. The molecule has 3 aliphatic rings. The molecule has 3 saturated heterocycles. The molecule has 0 aromatic heterocycles. The zero-order chi connectivity index (χ0) is 17.1. The van der Waals surface area contributed by atoms with Crippen molar-refractivity contribution >= 4 is 34.5 Å². The molecule has 128 valence electrons. The molecule has 0 unspecified atom stereocenters. The van der Waals surface area contributed by atoms with E-state index in [1.54, 1.807) is 12.2 Å². The van der Waals surface area contributed by atoms with Crippen molar-refractivity contribution in [2.45, 2.75) is 25.8 Å². The molecule has 3 fully saturated rings. The number of carbonyl (C=O) groups excluding carboxylic acids is 1. The number of amides is 1. The molecule has 23 heavy (non-hydrogen) atoms. The van der Waals surface area contributed by atoms with Crippen LogP contribution in [0.4, 0.5) is 0 Å². The number of nitrogens with zero attached hydrogens (tertiary/aromatic N) is 1. The highest BCUT2D eigenvalue weighted by Gasteiger charge is 2.34. The summed E-state index contributed by atoms with van der Waals surface area (Å²) in [5, 5.41) is 3.89. The summed E-state index contributed by atoms with van der Waals surface area (Å²) in [7, 11) is 0. The molecule has 3 rings (SSSR count). The molecule has 3 aliphatic heterocycles. The van der Waals surface area contributed by atoms with Gasteiger partial charge in [-0.1, -0.05) is 52.9 Å². The zero-order valence-electron chi connectivity index (χ0n) is 13.7. The Morgan fingerprint density at radius 2 is 2.09 bits per heavy atom. The molecule has 0 aliphatic carbocycles. The van der Waals surface area contributed by atoms with Gasteiger partial charge in [0, 0.05) is 17.9 Å². The van der Waals surface area contributed by atoms with Gasteiger partial charge < -0.3 is 10.2 Å². The fourth-order valence-electron chi connectivity index (χ4n) is 2.79. The lowest BCUT2D eigenvalue weighted by Gasteiger charge is -2.44. The smallest absolute Gasteiger partial charge is 0.257 e. The third kappa shape index (κ3) is 7.55. The highest BCUT2D eigenvalue weighted by Crippen LogP contribution is 2.27. The first-order valence-electron chi connectivity index (χ1n) is 8.01. The predicted molar refractivity (Wildman–Crippen MR) is 106 cm³/mol. The van der Waals surface area contributed by atoms with Gasteiger partial charge in [-0.2, -0.15) is 0 Å². The second-order valence-electron chi connectivity index (χ2n) is 5.61. The first-order chi connectivity index (χ1) is 11.1. The lowest BCUT2D eigenvalue weighted by atomic mass is 9.84. The van der Waals surface area contributed by atoms with Crippen molar-refractivity contribution in [1.82, 2.24) is 10.2 Å². The van der Waals surface area contributed by atoms with Crippen molar-refractivity contribution in [3.8, 4) is 0 Å². The first-order valence-corrected chi connectivity index (χ1v) is 9.57. The Labute approximate surface area is 154 Å². The largest absolute Gasteiger partial charge is 0.347 e. The molecule has 2 bridgehead atoms. The molecule has 0 radical (unpaired) electrons. The minimum atomic E-state index is -0.0590. The number of alkyl halides is 1. The molecule has 0 spiro atoms. The average molecular weight is 399 g/mol. The van der Waals surface area contributed by atoms with E-state index in [0.717, 1.165) is 11.9 Å². The maximum Gasteiger partial charge on any atom is 0.257 e. The summed E-state index contributed by atoms with van der Waals surface area (Å²) in [5.74, 6) is 0.592. The number of carbonyl (C=O) groups is 1. The van der Waals surface area contributed by atoms with Gasteiger partial charge in [0.1, 0.15) is 0 Å². The Kier molecular flexibility index (Phi) is 10.3. The second-order valence-corrected chi connectivity index (χ2v) is 6.74. The Hall–Kier alpha value is -0.780. The number of rotatable bonds is 5. The van der Waals surface area contributed by atoms with E-state index in [0.29, 0.717) is 16.9 Å². The highest BCUT2D eigenvalue weighted by atomic mass is 79.9. The minimum Gasteiger partial charge on any atom is -0.347 e. The first kappa shape index (κ1) is 20.3. The lowest BCUT2D eigenvalue weighted by Crippen LogP contribution is -2.57. The summed E-state index contributed by atoms with van der Waals surface area (Å²) in [6.45, 7) is 8.80. The van der Waals surface area contributed by atoms with E-state index in [-0.39, 0.29) is 5.91 Å². The molecule has 1 atom stereocenters. The number of hydrogen-bond acceptors (Lipinski definition) is 3. The second kappa shape index (κ2) is 11.7. The van der Waals surface area contributed by atoms with Gasteiger partial charge in [-0.15, -0.1) is 12.6 Å². The predicted octanol–water partition coefficient (Wildman–Crippen LogP) is 3.71. The van der Waals surface area contributed by atoms with Crippen molar-refractivity contribution in [2.75, 3.05) is 25.0 Å². The van der Waals surface area contributed by atoms with Crippen LogP contribution in [0.15, 0.2) is 47.9 Å².